The number of hydrogen-bond donors (Lipinski definition) is 2. The summed E-state index contributed by atoms with van der Waals surface area (Å²) in [6.07, 6.45) is 1.48. The van der Waals surface area contributed by atoms with Crippen LogP contribution in [0.25, 0.3) is 0 Å². The van der Waals surface area contributed by atoms with Crippen LogP contribution in [0.5, 0.6) is 0 Å². The zero-order chi connectivity index (χ0) is 16.2. The first-order valence-corrected chi connectivity index (χ1v) is 7.24. The third-order valence-electron chi connectivity index (χ3n) is 3.21. The Kier molecular flexibility index (Phi) is 4.34. The molecule has 0 radical (unpaired) electrons. The first-order chi connectivity index (χ1) is 11.1. The Balaban J connectivity index is 1.83. The number of aromatic nitrogens is 3. The molecule has 0 aliphatic carbocycles. The highest BCUT2D eigenvalue weighted by Crippen LogP contribution is 2.25. The van der Waals surface area contributed by atoms with Crippen LogP contribution in [0.2, 0.25) is 5.02 Å². The van der Waals surface area contributed by atoms with E-state index in [9.17, 15) is 4.39 Å². The maximum absolute atomic E-state index is 13.7. The third kappa shape index (κ3) is 3.54. The van der Waals surface area contributed by atoms with Gasteiger partial charge in [0.2, 0.25) is 5.95 Å². The summed E-state index contributed by atoms with van der Waals surface area (Å²) in [7, 11) is 0. The second-order valence-corrected chi connectivity index (χ2v) is 5.21. The van der Waals surface area contributed by atoms with Gasteiger partial charge in [0.25, 0.3) is 0 Å². The van der Waals surface area contributed by atoms with Crippen LogP contribution >= 0.6 is 11.6 Å². The smallest absolute Gasteiger partial charge is 0.249 e. The fraction of sp³-hybridized carbons (Fsp3) is 0.0625. The number of benzene rings is 2. The molecule has 1 aromatic heterocycles. The molecule has 0 amide bonds. The second kappa shape index (κ2) is 6.58. The zero-order valence-electron chi connectivity index (χ0n) is 12.2. The molecule has 0 fully saturated rings. The monoisotopic (exact) mass is 329 g/mol. The summed E-state index contributed by atoms with van der Waals surface area (Å²) >= 11 is 6.09. The van der Waals surface area contributed by atoms with Crippen LogP contribution < -0.4 is 10.6 Å². The van der Waals surface area contributed by atoms with Gasteiger partial charge < -0.3 is 10.6 Å². The number of rotatable bonds is 4. The van der Waals surface area contributed by atoms with Gasteiger partial charge in [-0.2, -0.15) is 10.1 Å². The summed E-state index contributed by atoms with van der Waals surface area (Å²) in [6, 6.07) is 11.8. The summed E-state index contributed by atoms with van der Waals surface area (Å²) in [5.74, 6) is 0.282. The van der Waals surface area contributed by atoms with Crippen LogP contribution in [0.3, 0.4) is 0 Å². The molecule has 3 aromatic rings. The molecule has 7 heteroatoms. The summed E-state index contributed by atoms with van der Waals surface area (Å²) in [4.78, 5) is 4.27. The molecular formula is C16H13ClFN5. The lowest BCUT2D eigenvalue weighted by Gasteiger charge is -2.10. The van der Waals surface area contributed by atoms with Crippen molar-refractivity contribution in [1.29, 1.82) is 0 Å². The van der Waals surface area contributed by atoms with Gasteiger partial charge in [0.15, 0.2) is 5.82 Å². The Hall–Kier alpha value is -2.73. The van der Waals surface area contributed by atoms with E-state index < -0.39 is 0 Å². The lowest BCUT2D eigenvalue weighted by atomic mass is 10.2. The van der Waals surface area contributed by atoms with Gasteiger partial charge in [-0.05, 0) is 36.8 Å². The normalized spacial score (nSPS) is 10.4. The van der Waals surface area contributed by atoms with E-state index >= 15 is 0 Å². The van der Waals surface area contributed by atoms with E-state index in [0.717, 1.165) is 11.3 Å². The minimum Gasteiger partial charge on any atom is -0.339 e. The first kappa shape index (κ1) is 15.2. The predicted molar refractivity (Wildman–Crippen MR) is 89.0 cm³/mol. The lowest BCUT2D eigenvalue weighted by Crippen LogP contribution is -2.04. The molecule has 0 aliphatic heterocycles. The van der Waals surface area contributed by atoms with Crippen LogP contribution in [0, 0.1) is 12.7 Å². The Morgan fingerprint density at radius 2 is 1.78 bits per heavy atom. The van der Waals surface area contributed by atoms with Gasteiger partial charge in [-0.15, -0.1) is 5.10 Å². The van der Waals surface area contributed by atoms with Crippen LogP contribution in [0.1, 0.15) is 5.56 Å². The van der Waals surface area contributed by atoms with Crippen LogP contribution in [0.4, 0.5) is 27.5 Å². The number of nitrogens with one attached hydrogen (secondary N) is 2. The highest BCUT2D eigenvalue weighted by Gasteiger charge is 2.07. The second-order valence-electron chi connectivity index (χ2n) is 4.81. The van der Waals surface area contributed by atoms with Crippen molar-refractivity contribution < 1.29 is 4.39 Å². The van der Waals surface area contributed by atoms with Crippen LogP contribution in [-0.4, -0.2) is 15.2 Å². The molecule has 2 aromatic carbocycles. The van der Waals surface area contributed by atoms with E-state index in [4.69, 9.17) is 11.6 Å². The van der Waals surface area contributed by atoms with E-state index in [0.29, 0.717) is 10.8 Å². The number of nitrogens with zero attached hydrogens (tertiary/aromatic N) is 3. The average Bonchev–Trinajstić information content (AvgIpc) is 2.55. The Morgan fingerprint density at radius 1 is 1.00 bits per heavy atom. The van der Waals surface area contributed by atoms with E-state index in [1.807, 2.05) is 25.1 Å². The third-order valence-corrected chi connectivity index (χ3v) is 3.62. The van der Waals surface area contributed by atoms with Crippen molar-refractivity contribution in [2.75, 3.05) is 10.6 Å². The van der Waals surface area contributed by atoms with E-state index in [2.05, 4.69) is 25.8 Å². The molecule has 3 rings (SSSR count). The van der Waals surface area contributed by atoms with Crippen molar-refractivity contribution in [1.82, 2.24) is 15.2 Å². The molecule has 0 saturated carbocycles. The van der Waals surface area contributed by atoms with Crippen molar-refractivity contribution >= 4 is 34.7 Å². The maximum atomic E-state index is 13.7. The summed E-state index contributed by atoms with van der Waals surface area (Å²) in [6.45, 7) is 1.90. The Morgan fingerprint density at radius 3 is 2.61 bits per heavy atom. The molecular weight excluding hydrogens is 317 g/mol. The van der Waals surface area contributed by atoms with Crippen LogP contribution in [-0.2, 0) is 0 Å². The van der Waals surface area contributed by atoms with Crippen molar-refractivity contribution in [2.24, 2.45) is 0 Å². The molecule has 0 saturated heterocycles. The standard InChI is InChI=1S/C16H13ClFN5/c1-10-11(17)5-4-8-13(10)20-15-9-19-23-16(22-15)21-14-7-3-2-6-12(14)18/h2-9H,1H3,(H2,20,21,22,23). The first-order valence-electron chi connectivity index (χ1n) is 6.87. The summed E-state index contributed by atoms with van der Waals surface area (Å²) in [5.41, 5.74) is 2.00. The molecule has 2 N–H and O–H groups in total. The van der Waals surface area contributed by atoms with Gasteiger partial charge in [-0.3, -0.25) is 0 Å². The van der Waals surface area contributed by atoms with Gasteiger partial charge in [-0.25, -0.2) is 4.39 Å². The number of hydrogen-bond acceptors (Lipinski definition) is 5. The van der Waals surface area contributed by atoms with E-state index in [1.165, 1.54) is 12.3 Å². The molecule has 0 bridgehead atoms. The van der Waals surface area contributed by atoms with Gasteiger partial charge in [0.05, 0.1) is 11.9 Å². The molecule has 1 heterocycles. The highest BCUT2D eigenvalue weighted by molar-refractivity contribution is 6.31. The Labute approximate surface area is 137 Å². The van der Waals surface area contributed by atoms with Gasteiger partial charge >= 0.3 is 0 Å². The van der Waals surface area contributed by atoms with Crippen molar-refractivity contribution in [3.8, 4) is 0 Å². The number of anilines is 4. The fourth-order valence-corrected chi connectivity index (χ4v) is 2.16. The van der Waals surface area contributed by atoms with Gasteiger partial charge in [0.1, 0.15) is 5.82 Å². The minimum absolute atomic E-state index is 0.194. The molecule has 116 valence electrons. The fourth-order valence-electron chi connectivity index (χ4n) is 1.98. The van der Waals surface area contributed by atoms with Gasteiger partial charge in [-0.1, -0.05) is 29.8 Å². The van der Waals surface area contributed by atoms with Crippen molar-refractivity contribution in [3.63, 3.8) is 0 Å². The van der Waals surface area contributed by atoms with E-state index in [-0.39, 0.29) is 17.5 Å². The summed E-state index contributed by atoms with van der Waals surface area (Å²) in [5, 5.41) is 14.3. The SMILES string of the molecule is Cc1c(Cl)cccc1Nc1cnnc(Nc2ccccc2F)n1. The summed E-state index contributed by atoms with van der Waals surface area (Å²) < 4.78 is 13.7. The number of halogens is 2. The Bertz CT molecular complexity index is 840. The van der Waals surface area contributed by atoms with Crippen LogP contribution in [0.15, 0.2) is 48.7 Å². The molecule has 5 nitrogen and oxygen atoms in total. The average molecular weight is 330 g/mol. The zero-order valence-corrected chi connectivity index (χ0v) is 13.0. The lowest BCUT2D eigenvalue weighted by molar-refractivity contribution is 0.631. The van der Waals surface area contributed by atoms with Crippen molar-refractivity contribution in [2.45, 2.75) is 6.92 Å². The molecule has 0 unspecified atom stereocenters. The quantitative estimate of drug-likeness (QED) is 0.740. The highest BCUT2D eigenvalue weighted by atomic mass is 35.5. The largest absolute Gasteiger partial charge is 0.339 e. The van der Waals surface area contributed by atoms with E-state index in [1.54, 1.807) is 18.2 Å². The minimum atomic E-state index is -0.389. The molecule has 0 spiro atoms. The molecule has 0 aliphatic rings. The van der Waals surface area contributed by atoms with Crippen molar-refractivity contribution in [3.05, 3.63) is 65.1 Å². The molecule has 0 atom stereocenters. The van der Waals surface area contributed by atoms with Gasteiger partial charge in [0, 0.05) is 10.7 Å². The maximum Gasteiger partial charge on any atom is 0.249 e. The predicted octanol–water partition coefficient (Wildman–Crippen LogP) is 4.46. The number of para-hydroxylation sites is 1. The topological polar surface area (TPSA) is 62.7 Å². The molecule has 23 heavy (non-hydrogen) atoms.